The molecule has 1 aliphatic rings. The van der Waals surface area contributed by atoms with Gasteiger partial charge in [-0.15, -0.1) is 6.58 Å². The molecule has 0 saturated carbocycles. The number of hydrogen-bond acceptors (Lipinski definition) is 4. The minimum absolute atomic E-state index is 0.0162. The van der Waals surface area contributed by atoms with Crippen molar-refractivity contribution in [1.29, 1.82) is 0 Å². The van der Waals surface area contributed by atoms with Crippen LogP contribution in [0, 0.1) is 12.9 Å². The van der Waals surface area contributed by atoms with Crippen molar-refractivity contribution in [2.24, 2.45) is 0 Å². The van der Waals surface area contributed by atoms with E-state index in [2.05, 4.69) is 46.3 Å². The van der Waals surface area contributed by atoms with Crippen LogP contribution >= 0.6 is 0 Å². The number of nitrogens with zero attached hydrogens (tertiary/aromatic N) is 2. The Kier molecular flexibility index (Phi) is 9.59. The van der Waals surface area contributed by atoms with Crippen molar-refractivity contribution < 1.29 is 13.9 Å². The number of pyridine rings is 1. The maximum Gasteiger partial charge on any atom is 0.230 e. The first-order chi connectivity index (χ1) is 17.3. The van der Waals surface area contributed by atoms with Gasteiger partial charge in [0.25, 0.3) is 0 Å². The number of nitrogens with one attached hydrogen (secondary N) is 2. The number of allylic oxidation sites excluding steroid dienone is 1. The van der Waals surface area contributed by atoms with Crippen LogP contribution in [0.3, 0.4) is 0 Å². The molecule has 6 nitrogen and oxygen atoms in total. The van der Waals surface area contributed by atoms with Crippen molar-refractivity contribution in [3.05, 3.63) is 82.9 Å². The van der Waals surface area contributed by atoms with E-state index in [1.165, 1.54) is 11.8 Å². The van der Waals surface area contributed by atoms with Gasteiger partial charge in [0.1, 0.15) is 0 Å². The molecule has 1 aromatic carbocycles. The number of aromatic nitrogens is 2. The Morgan fingerprint density at radius 2 is 1.89 bits per heavy atom. The van der Waals surface area contributed by atoms with Gasteiger partial charge < -0.3 is 19.9 Å². The predicted molar refractivity (Wildman–Crippen MR) is 144 cm³/mol. The molecule has 4 rings (SSSR count). The average molecular weight is 491 g/mol. The molecule has 2 aromatic heterocycles. The zero-order chi connectivity index (χ0) is 26.1. The standard InChI is InChI=1S/C26H29FN4O2.C3H6/c1-4-24(31-9-11-33-12-10-31)22-16-23(28-18(22)3)19-5-7-20(8-6-19)30-26(32)15-21-13-17(2)14-25(27)29-21;1-3-2/h5-8,13-14,16,28H,3-4,9-12,15H2,1-2H3,(H,30,32);3H,1H2,2H3/b24-22+;. The highest BCUT2D eigenvalue weighted by Crippen LogP contribution is 2.19. The van der Waals surface area contributed by atoms with Crippen LogP contribution in [0.2, 0.25) is 0 Å². The Bertz CT molecular complexity index is 1270. The number of rotatable bonds is 6. The zero-order valence-electron chi connectivity index (χ0n) is 21.4. The van der Waals surface area contributed by atoms with Crippen LogP contribution in [0.4, 0.5) is 10.1 Å². The van der Waals surface area contributed by atoms with Crippen LogP contribution in [-0.2, 0) is 16.0 Å². The van der Waals surface area contributed by atoms with Gasteiger partial charge >= 0.3 is 0 Å². The number of benzene rings is 1. The van der Waals surface area contributed by atoms with Crippen LogP contribution in [0.25, 0.3) is 23.5 Å². The highest BCUT2D eigenvalue weighted by Gasteiger charge is 2.14. The van der Waals surface area contributed by atoms with Gasteiger partial charge in [-0.25, -0.2) is 4.98 Å². The fraction of sp³-hybridized carbons (Fsp3) is 0.310. The molecule has 0 spiro atoms. The first-order valence-electron chi connectivity index (χ1n) is 12.2. The summed E-state index contributed by atoms with van der Waals surface area (Å²) >= 11 is 0. The van der Waals surface area contributed by atoms with Crippen molar-refractivity contribution in [3.63, 3.8) is 0 Å². The Balaban J connectivity index is 0.00000115. The van der Waals surface area contributed by atoms with Gasteiger partial charge in [-0.2, -0.15) is 4.39 Å². The van der Waals surface area contributed by atoms with E-state index < -0.39 is 5.95 Å². The van der Waals surface area contributed by atoms with Crippen LogP contribution in [0.5, 0.6) is 0 Å². The van der Waals surface area contributed by atoms with Crippen molar-refractivity contribution in [2.75, 3.05) is 31.6 Å². The van der Waals surface area contributed by atoms with Gasteiger partial charge in [0.15, 0.2) is 0 Å². The molecular weight excluding hydrogens is 455 g/mol. The van der Waals surface area contributed by atoms with Crippen molar-refractivity contribution in [3.8, 4) is 11.3 Å². The summed E-state index contributed by atoms with van der Waals surface area (Å²) in [6.45, 7) is 16.7. The maximum absolute atomic E-state index is 13.5. The molecule has 3 aromatic rings. The number of anilines is 1. The Morgan fingerprint density at radius 1 is 1.22 bits per heavy atom. The van der Waals surface area contributed by atoms with Gasteiger partial charge in [0, 0.05) is 40.7 Å². The van der Waals surface area contributed by atoms with Gasteiger partial charge in [0.2, 0.25) is 11.9 Å². The third kappa shape index (κ3) is 7.15. The highest BCUT2D eigenvalue weighted by atomic mass is 19.1. The molecule has 0 aliphatic carbocycles. The molecule has 2 N–H and O–H groups in total. The predicted octanol–water partition coefficient (Wildman–Crippen LogP) is 4.16. The lowest BCUT2D eigenvalue weighted by Crippen LogP contribution is -2.39. The number of aryl methyl sites for hydroxylation is 1. The molecule has 0 unspecified atom stereocenters. The van der Waals surface area contributed by atoms with E-state index in [-0.39, 0.29) is 12.3 Å². The molecule has 1 amide bonds. The molecule has 0 radical (unpaired) electrons. The number of ether oxygens (including phenoxy) is 1. The molecule has 1 aliphatic heterocycles. The molecule has 3 heterocycles. The minimum Gasteiger partial charge on any atom is -0.378 e. The van der Waals surface area contributed by atoms with E-state index in [9.17, 15) is 9.18 Å². The van der Waals surface area contributed by atoms with Gasteiger partial charge in [-0.3, -0.25) is 4.79 Å². The number of aromatic amines is 1. The third-order valence-electron chi connectivity index (χ3n) is 5.75. The summed E-state index contributed by atoms with van der Waals surface area (Å²) < 4.78 is 18.9. The number of amides is 1. The fourth-order valence-electron chi connectivity index (χ4n) is 4.22. The number of H-pyrrole nitrogens is 1. The summed E-state index contributed by atoms with van der Waals surface area (Å²) in [5.41, 5.74) is 5.08. The van der Waals surface area contributed by atoms with Crippen LogP contribution in [0.1, 0.15) is 31.5 Å². The number of halogens is 1. The quantitative estimate of drug-likeness (QED) is 0.402. The monoisotopic (exact) mass is 490 g/mol. The van der Waals surface area contributed by atoms with E-state index in [0.29, 0.717) is 11.4 Å². The second-order valence-corrected chi connectivity index (χ2v) is 8.64. The molecule has 0 atom stereocenters. The lowest BCUT2D eigenvalue weighted by Gasteiger charge is -2.30. The summed E-state index contributed by atoms with van der Waals surface area (Å²) in [6.07, 6.45) is 2.69. The third-order valence-corrected chi connectivity index (χ3v) is 5.75. The summed E-state index contributed by atoms with van der Waals surface area (Å²) in [7, 11) is 0. The maximum atomic E-state index is 13.5. The van der Waals surface area contributed by atoms with Crippen LogP contribution < -0.4 is 15.9 Å². The second-order valence-electron chi connectivity index (χ2n) is 8.64. The SMILES string of the molecule is C=CC.C=c1[nH]c(-c2ccc(NC(=O)Cc3cc(C)cc(F)n3)cc2)c/c1=C(/CC)N1CCOCC1. The summed E-state index contributed by atoms with van der Waals surface area (Å²) in [6, 6.07) is 12.8. The molecule has 0 bridgehead atoms. The molecule has 1 saturated heterocycles. The number of carbonyl (C=O) groups excluding carboxylic acids is 1. The normalized spacial score (nSPS) is 13.9. The van der Waals surface area contributed by atoms with Gasteiger partial charge in [-0.1, -0.05) is 31.7 Å². The molecule has 1 fully saturated rings. The van der Waals surface area contributed by atoms with Crippen LogP contribution in [0.15, 0.2) is 55.1 Å². The van der Waals surface area contributed by atoms with Crippen molar-refractivity contribution >= 4 is 23.9 Å². The molecule has 36 heavy (non-hydrogen) atoms. The topological polar surface area (TPSA) is 70.2 Å². The smallest absolute Gasteiger partial charge is 0.230 e. The van der Waals surface area contributed by atoms with E-state index in [1.54, 1.807) is 19.1 Å². The number of carbonyl (C=O) groups is 1. The summed E-state index contributed by atoms with van der Waals surface area (Å²) in [5, 5.41) is 4.87. The van der Waals surface area contributed by atoms with Crippen LogP contribution in [-0.4, -0.2) is 47.1 Å². The van der Waals surface area contributed by atoms with E-state index >= 15 is 0 Å². The summed E-state index contributed by atoms with van der Waals surface area (Å²) in [5.74, 6) is -0.815. The fourth-order valence-corrected chi connectivity index (χ4v) is 4.22. The zero-order valence-corrected chi connectivity index (χ0v) is 21.4. The first kappa shape index (κ1) is 26.9. The Morgan fingerprint density at radius 3 is 2.50 bits per heavy atom. The first-order valence-corrected chi connectivity index (χ1v) is 12.2. The van der Waals surface area contributed by atoms with Crippen molar-refractivity contribution in [2.45, 2.75) is 33.6 Å². The van der Waals surface area contributed by atoms with Gasteiger partial charge in [0.05, 0.1) is 25.3 Å². The average Bonchev–Trinajstić information content (AvgIpc) is 3.22. The summed E-state index contributed by atoms with van der Waals surface area (Å²) in [4.78, 5) is 21.9. The van der Waals surface area contributed by atoms with E-state index in [0.717, 1.165) is 60.1 Å². The Labute approximate surface area is 212 Å². The minimum atomic E-state index is -0.575. The lowest BCUT2D eigenvalue weighted by atomic mass is 10.1. The number of morpholine rings is 1. The van der Waals surface area contributed by atoms with E-state index in [1.807, 2.05) is 31.2 Å². The highest BCUT2D eigenvalue weighted by molar-refractivity contribution is 5.92. The van der Waals surface area contributed by atoms with Crippen molar-refractivity contribution in [1.82, 2.24) is 14.9 Å². The molecule has 190 valence electrons. The Hall–Kier alpha value is -3.71. The van der Waals surface area contributed by atoms with E-state index in [4.69, 9.17) is 4.74 Å². The van der Waals surface area contributed by atoms with Gasteiger partial charge in [-0.05, 0) is 61.7 Å². The molecular formula is C29H35FN4O2. The number of hydrogen-bond donors (Lipinski definition) is 2. The second kappa shape index (κ2) is 12.8. The largest absolute Gasteiger partial charge is 0.378 e. The lowest BCUT2D eigenvalue weighted by molar-refractivity contribution is -0.115. The molecule has 7 heteroatoms.